The minimum atomic E-state index is -0.199. The molecule has 4 rings (SSSR count). The van der Waals surface area contributed by atoms with E-state index in [0.29, 0.717) is 6.54 Å². The van der Waals surface area contributed by atoms with Crippen LogP contribution in [0.1, 0.15) is 29.1 Å². The highest BCUT2D eigenvalue weighted by Gasteiger charge is 2.31. The van der Waals surface area contributed by atoms with Crippen molar-refractivity contribution in [2.75, 3.05) is 18.0 Å². The van der Waals surface area contributed by atoms with Crippen LogP contribution in [0.15, 0.2) is 0 Å². The fraction of sp³-hybridized carbons (Fsp3) is 0.533. The van der Waals surface area contributed by atoms with Crippen molar-refractivity contribution in [3.63, 3.8) is 0 Å². The lowest BCUT2D eigenvalue weighted by molar-refractivity contribution is -0.121. The van der Waals surface area contributed by atoms with Crippen molar-refractivity contribution in [1.82, 2.24) is 9.97 Å². The Morgan fingerprint density at radius 1 is 1.38 bits per heavy atom. The predicted molar refractivity (Wildman–Crippen MR) is 83.7 cm³/mol. The highest BCUT2D eigenvalue weighted by atomic mass is 32.1. The summed E-state index contributed by atoms with van der Waals surface area (Å²) < 4.78 is 0. The topological polar surface area (TPSA) is 72.1 Å². The summed E-state index contributed by atoms with van der Waals surface area (Å²) in [5.41, 5.74) is 6.89. The maximum Gasteiger partial charge on any atom is 0.222 e. The van der Waals surface area contributed by atoms with E-state index < -0.39 is 0 Å². The third-order valence-corrected chi connectivity index (χ3v) is 5.73. The molecule has 0 bridgehead atoms. The summed E-state index contributed by atoms with van der Waals surface area (Å²) in [4.78, 5) is 25.5. The normalized spacial score (nSPS) is 21.2. The molecule has 0 aromatic carbocycles. The molecular formula is C15H18N4OS. The lowest BCUT2D eigenvalue weighted by Gasteiger charge is -2.19. The first-order valence-electron chi connectivity index (χ1n) is 7.46. The molecule has 1 saturated heterocycles. The van der Waals surface area contributed by atoms with Crippen molar-refractivity contribution in [3.05, 3.63) is 16.3 Å². The molecule has 2 aromatic rings. The molecular weight excluding hydrogens is 284 g/mol. The molecule has 1 aliphatic carbocycles. The second-order valence-corrected chi connectivity index (χ2v) is 7.05. The highest BCUT2D eigenvalue weighted by Crippen LogP contribution is 2.41. The van der Waals surface area contributed by atoms with Crippen molar-refractivity contribution >= 4 is 33.3 Å². The van der Waals surface area contributed by atoms with E-state index in [-0.39, 0.29) is 11.8 Å². The third-order valence-electron chi connectivity index (χ3n) is 4.55. The van der Waals surface area contributed by atoms with Gasteiger partial charge in [0.15, 0.2) is 0 Å². The van der Waals surface area contributed by atoms with Crippen LogP contribution < -0.4 is 10.6 Å². The average molecular weight is 302 g/mol. The molecule has 2 aliphatic rings. The van der Waals surface area contributed by atoms with Crippen LogP contribution >= 0.6 is 11.3 Å². The summed E-state index contributed by atoms with van der Waals surface area (Å²) in [6.45, 7) is 3.48. The van der Waals surface area contributed by atoms with Crippen LogP contribution in [0.5, 0.6) is 0 Å². The van der Waals surface area contributed by atoms with Gasteiger partial charge in [0.2, 0.25) is 5.91 Å². The number of rotatable bonds is 2. The minimum Gasteiger partial charge on any atom is -0.369 e. The monoisotopic (exact) mass is 302 g/mol. The molecule has 1 amide bonds. The molecule has 3 heterocycles. The van der Waals surface area contributed by atoms with Crippen LogP contribution in [0, 0.1) is 12.8 Å². The Bertz CT molecular complexity index is 739. The predicted octanol–water partition coefficient (Wildman–Crippen LogP) is 1.80. The maximum absolute atomic E-state index is 11.4. The van der Waals surface area contributed by atoms with Gasteiger partial charge in [-0.1, -0.05) is 0 Å². The Labute approximate surface area is 127 Å². The second-order valence-electron chi connectivity index (χ2n) is 5.97. The quantitative estimate of drug-likeness (QED) is 0.918. The Balaban J connectivity index is 1.83. The van der Waals surface area contributed by atoms with Gasteiger partial charge in [-0.2, -0.15) is 0 Å². The molecule has 5 nitrogen and oxygen atoms in total. The standard InChI is InChI=1S/C15H18N4OS/c1-8-17-14(19-6-5-9(7-19)13(16)20)12-10-3-2-4-11(10)21-15(12)18-8/h9H,2-7H2,1H3,(H2,16,20). The molecule has 1 aliphatic heterocycles. The summed E-state index contributed by atoms with van der Waals surface area (Å²) in [6, 6.07) is 0. The number of anilines is 1. The zero-order valence-corrected chi connectivity index (χ0v) is 12.9. The van der Waals surface area contributed by atoms with Crippen LogP contribution in [0.4, 0.5) is 5.82 Å². The average Bonchev–Trinajstić information content (AvgIpc) is 3.11. The van der Waals surface area contributed by atoms with Gasteiger partial charge < -0.3 is 10.6 Å². The zero-order valence-electron chi connectivity index (χ0n) is 12.1. The number of carbonyl (C=O) groups excluding carboxylic acids is 1. The molecule has 110 valence electrons. The van der Waals surface area contributed by atoms with E-state index in [1.165, 1.54) is 28.7 Å². The van der Waals surface area contributed by atoms with Crippen molar-refractivity contribution < 1.29 is 4.79 Å². The first-order chi connectivity index (χ1) is 10.1. The number of hydrogen-bond donors (Lipinski definition) is 1. The maximum atomic E-state index is 11.4. The van der Waals surface area contributed by atoms with E-state index in [0.717, 1.165) is 35.9 Å². The van der Waals surface area contributed by atoms with Gasteiger partial charge in [-0.3, -0.25) is 4.79 Å². The molecule has 2 aromatic heterocycles. The smallest absolute Gasteiger partial charge is 0.222 e. The number of thiophene rings is 1. The Kier molecular flexibility index (Phi) is 2.89. The molecule has 6 heteroatoms. The van der Waals surface area contributed by atoms with Gasteiger partial charge in [0.05, 0.1) is 11.3 Å². The molecule has 0 saturated carbocycles. The van der Waals surface area contributed by atoms with Gasteiger partial charge in [0, 0.05) is 18.0 Å². The number of aromatic nitrogens is 2. The fourth-order valence-electron chi connectivity index (χ4n) is 3.49. The van der Waals surface area contributed by atoms with Crippen LogP contribution in [-0.4, -0.2) is 29.0 Å². The highest BCUT2D eigenvalue weighted by molar-refractivity contribution is 7.19. The van der Waals surface area contributed by atoms with Gasteiger partial charge in [-0.15, -0.1) is 11.3 Å². The molecule has 21 heavy (non-hydrogen) atoms. The number of fused-ring (bicyclic) bond motifs is 3. The molecule has 1 atom stereocenters. The largest absolute Gasteiger partial charge is 0.369 e. The summed E-state index contributed by atoms with van der Waals surface area (Å²) in [6.07, 6.45) is 4.35. The van der Waals surface area contributed by atoms with Gasteiger partial charge in [0.25, 0.3) is 0 Å². The third kappa shape index (κ3) is 2.00. The molecule has 2 N–H and O–H groups in total. The van der Waals surface area contributed by atoms with E-state index >= 15 is 0 Å². The lowest BCUT2D eigenvalue weighted by Crippen LogP contribution is -2.28. The number of amides is 1. The minimum absolute atomic E-state index is 0.0537. The van der Waals surface area contributed by atoms with Gasteiger partial charge in [-0.05, 0) is 38.2 Å². The van der Waals surface area contributed by atoms with Gasteiger partial charge in [-0.25, -0.2) is 9.97 Å². The van der Waals surface area contributed by atoms with Gasteiger partial charge in [0.1, 0.15) is 16.5 Å². The summed E-state index contributed by atoms with van der Waals surface area (Å²) in [7, 11) is 0. The Morgan fingerprint density at radius 2 is 2.24 bits per heavy atom. The number of primary amides is 1. The van der Waals surface area contributed by atoms with Crippen molar-refractivity contribution in [2.24, 2.45) is 11.7 Å². The van der Waals surface area contributed by atoms with Crippen molar-refractivity contribution in [1.29, 1.82) is 0 Å². The van der Waals surface area contributed by atoms with E-state index in [1.54, 1.807) is 0 Å². The van der Waals surface area contributed by atoms with E-state index in [2.05, 4.69) is 9.88 Å². The van der Waals surface area contributed by atoms with Crippen LogP contribution in [0.3, 0.4) is 0 Å². The molecule has 0 radical (unpaired) electrons. The summed E-state index contributed by atoms with van der Waals surface area (Å²) in [5, 5.41) is 1.23. The van der Waals surface area contributed by atoms with Crippen molar-refractivity contribution in [2.45, 2.75) is 32.6 Å². The van der Waals surface area contributed by atoms with E-state index in [9.17, 15) is 4.79 Å². The lowest BCUT2D eigenvalue weighted by atomic mass is 10.1. The van der Waals surface area contributed by atoms with E-state index in [1.807, 2.05) is 18.3 Å². The Hall–Kier alpha value is -1.69. The summed E-state index contributed by atoms with van der Waals surface area (Å²) >= 11 is 1.81. The van der Waals surface area contributed by atoms with Crippen LogP contribution in [-0.2, 0) is 17.6 Å². The number of hydrogen-bond acceptors (Lipinski definition) is 5. The molecule has 1 unspecified atom stereocenters. The van der Waals surface area contributed by atoms with Crippen LogP contribution in [0.2, 0.25) is 0 Å². The number of aryl methyl sites for hydroxylation is 3. The first kappa shape index (κ1) is 13.0. The number of nitrogens with zero attached hydrogens (tertiary/aromatic N) is 3. The van der Waals surface area contributed by atoms with Gasteiger partial charge >= 0.3 is 0 Å². The summed E-state index contributed by atoms with van der Waals surface area (Å²) in [5.74, 6) is 1.57. The van der Waals surface area contributed by atoms with Crippen LogP contribution in [0.25, 0.3) is 10.2 Å². The van der Waals surface area contributed by atoms with E-state index in [4.69, 9.17) is 10.7 Å². The Morgan fingerprint density at radius 3 is 3.00 bits per heavy atom. The zero-order chi connectivity index (χ0) is 14.6. The number of nitrogens with two attached hydrogens (primary N) is 1. The molecule has 0 spiro atoms. The fourth-order valence-corrected chi connectivity index (χ4v) is 4.80. The molecule has 1 fully saturated rings. The number of carbonyl (C=O) groups is 1. The SMILES string of the molecule is Cc1nc(N2CCC(C(N)=O)C2)c2c3c(sc2n1)CCC3. The van der Waals surface area contributed by atoms with Crippen molar-refractivity contribution in [3.8, 4) is 0 Å². The second kappa shape index (κ2) is 4.66. The first-order valence-corrected chi connectivity index (χ1v) is 8.28.